The SMILES string of the molecule is CC(C)c1noc(CCCC(=O)Nc2cccc(OC3CCCC3)c2)n1. The Labute approximate surface area is 154 Å². The molecule has 2 aromatic rings. The predicted molar refractivity (Wildman–Crippen MR) is 99.3 cm³/mol. The second kappa shape index (κ2) is 8.83. The predicted octanol–water partition coefficient (Wildman–Crippen LogP) is 4.48. The maximum Gasteiger partial charge on any atom is 0.226 e. The van der Waals surface area contributed by atoms with Crippen LogP contribution in [0, 0.1) is 0 Å². The van der Waals surface area contributed by atoms with E-state index in [0.717, 1.165) is 24.3 Å². The largest absolute Gasteiger partial charge is 0.490 e. The van der Waals surface area contributed by atoms with Crippen LogP contribution < -0.4 is 10.1 Å². The Hall–Kier alpha value is -2.37. The molecule has 1 amide bonds. The summed E-state index contributed by atoms with van der Waals surface area (Å²) in [4.78, 5) is 16.5. The smallest absolute Gasteiger partial charge is 0.226 e. The Balaban J connectivity index is 1.43. The molecule has 1 N–H and O–H groups in total. The van der Waals surface area contributed by atoms with Gasteiger partial charge in [-0.15, -0.1) is 0 Å². The summed E-state index contributed by atoms with van der Waals surface area (Å²) < 4.78 is 11.2. The van der Waals surface area contributed by atoms with Gasteiger partial charge in [0.2, 0.25) is 11.8 Å². The highest BCUT2D eigenvalue weighted by molar-refractivity contribution is 5.90. The van der Waals surface area contributed by atoms with Crippen molar-refractivity contribution in [2.75, 3.05) is 5.32 Å². The molecule has 0 spiro atoms. The van der Waals surface area contributed by atoms with Crippen LogP contribution in [0.1, 0.15) is 70.0 Å². The first-order chi connectivity index (χ1) is 12.6. The summed E-state index contributed by atoms with van der Waals surface area (Å²) in [6.45, 7) is 4.04. The maximum atomic E-state index is 12.2. The van der Waals surface area contributed by atoms with E-state index < -0.39 is 0 Å². The van der Waals surface area contributed by atoms with Crippen molar-refractivity contribution in [1.29, 1.82) is 0 Å². The molecule has 0 aliphatic heterocycles. The lowest BCUT2D eigenvalue weighted by molar-refractivity contribution is -0.116. The monoisotopic (exact) mass is 357 g/mol. The van der Waals surface area contributed by atoms with E-state index in [9.17, 15) is 4.79 Å². The van der Waals surface area contributed by atoms with Crippen molar-refractivity contribution in [2.24, 2.45) is 0 Å². The van der Waals surface area contributed by atoms with Crippen molar-refractivity contribution in [3.05, 3.63) is 36.0 Å². The molecule has 0 unspecified atom stereocenters. The van der Waals surface area contributed by atoms with Gasteiger partial charge in [0.25, 0.3) is 0 Å². The second-order valence-electron chi connectivity index (χ2n) is 7.15. The van der Waals surface area contributed by atoms with E-state index in [-0.39, 0.29) is 11.8 Å². The summed E-state index contributed by atoms with van der Waals surface area (Å²) in [5.41, 5.74) is 0.769. The van der Waals surface area contributed by atoms with Crippen LogP contribution in [0.2, 0.25) is 0 Å². The number of aryl methyl sites for hydroxylation is 1. The van der Waals surface area contributed by atoms with Crippen molar-refractivity contribution >= 4 is 11.6 Å². The van der Waals surface area contributed by atoms with Crippen LogP contribution in [0.5, 0.6) is 5.75 Å². The number of carbonyl (C=O) groups is 1. The number of nitrogens with one attached hydrogen (secondary N) is 1. The number of hydrogen-bond donors (Lipinski definition) is 1. The molecule has 140 valence electrons. The van der Waals surface area contributed by atoms with Gasteiger partial charge >= 0.3 is 0 Å². The number of hydrogen-bond acceptors (Lipinski definition) is 5. The Morgan fingerprint density at radius 1 is 1.35 bits per heavy atom. The lowest BCUT2D eigenvalue weighted by Gasteiger charge is -2.14. The number of benzene rings is 1. The minimum absolute atomic E-state index is 0.0217. The summed E-state index contributed by atoms with van der Waals surface area (Å²) in [5, 5.41) is 6.86. The second-order valence-corrected chi connectivity index (χ2v) is 7.15. The number of carbonyl (C=O) groups excluding carboxylic acids is 1. The summed E-state index contributed by atoms with van der Waals surface area (Å²) in [6, 6.07) is 7.62. The molecule has 1 aromatic carbocycles. The number of nitrogens with zero attached hydrogens (tertiary/aromatic N) is 2. The normalized spacial score (nSPS) is 14.7. The van der Waals surface area contributed by atoms with Crippen LogP contribution in [0.25, 0.3) is 0 Å². The van der Waals surface area contributed by atoms with Gasteiger partial charge in [-0.3, -0.25) is 4.79 Å². The van der Waals surface area contributed by atoms with Crippen LogP contribution in [-0.2, 0) is 11.2 Å². The van der Waals surface area contributed by atoms with E-state index >= 15 is 0 Å². The standard InChI is InChI=1S/C20H27N3O3/c1-14(2)20-22-19(26-23-20)12-6-11-18(24)21-15-7-5-10-17(13-15)25-16-8-3-4-9-16/h5,7,10,13-14,16H,3-4,6,8-9,11-12H2,1-2H3,(H,21,24). The fraction of sp³-hybridized carbons (Fsp3) is 0.550. The molecule has 0 radical (unpaired) electrons. The average Bonchev–Trinajstić information content (AvgIpc) is 3.27. The van der Waals surface area contributed by atoms with Crippen LogP contribution in [0.15, 0.2) is 28.8 Å². The highest BCUT2D eigenvalue weighted by Gasteiger charge is 2.16. The molecule has 3 rings (SSSR count). The number of aromatic nitrogens is 2. The highest BCUT2D eigenvalue weighted by Crippen LogP contribution is 2.25. The quantitative estimate of drug-likeness (QED) is 0.754. The van der Waals surface area contributed by atoms with Crippen molar-refractivity contribution in [2.45, 2.75) is 70.8 Å². The van der Waals surface area contributed by atoms with Gasteiger partial charge in [0.1, 0.15) is 5.75 Å². The van der Waals surface area contributed by atoms with Crippen LogP contribution in [0.4, 0.5) is 5.69 Å². The first-order valence-corrected chi connectivity index (χ1v) is 9.49. The molecule has 0 bridgehead atoms. The van der Waals surface area contributed by atoms with E-state index in [2.05, 4.69) is 15.5 Å². The summed E-state index contributed by atoms with van der Waals surface area (Å²) in [7, 11) is 0. The summed E-state index contributed by atoms with van der Waals surface area (Å²) >= 11 is 0. The fourth-order valence-electron chi connectivity index (χ4n) is 3.07. The third-order valence-corrected chi connectivity index (χ3v) is 4.52. The Morgan fingerprint density at radius 3 is 2.88 bits per heavy atom. The molecule has 0 saturated heterocycles. The third kappa shape index (κ3) is 5.31. The lowest BCUT2D eigenvalue weighted by Crippen LogP contribution is -2.13. The van der Waals surface area contributed by atoms with Crippen LogP contribution in [0.3, 0.4) is 0 Å². The zero-order valence-electron chi connectivity index (χ0n) is 15.5. The van der Waals surface area contributed by atoms with E-state index in [1.807, 2.05) is 38.1 Å². The number of rotatable bonds is 8. The van der Waals surface area contributed by atoms with Gasteiger partial charge in [-0.2, -0.15) is 4.98 Å². The molecule has 26 heavy (non-hydrogen) atoms. The molecule has 1 aliphatic carbocycles. The highest BCUT2D eigenvalue weighted by atomic mass is 16.5. The van der Waals surface area contributed by atoms with Crippen molar-refractivity contribution in [3.63, 3.8) is 0 Å². The fourth-order valence-corrected chi connectivity index (χ4v) is 3.07. The minimum atomic E-state index is -0.0217. The van der Waals surface area contributed by atoms with Gasteiger partial charge in [-0.25, -0.2) is 0 Å². The van der Waals surface area contributed by atoms with Crippen molar-refractivity contribution < 1.29 is 14.1 Å². The topological polar surface area (TPSA) is 77.2 Å². The molecular weight excluding hydrogens is 330 g/mol. The number of anilines is 1. The van der Waals surface area contributed by atoms with Crippen molar-refractivity contribution in [3.8, 4) is 5.75 Å². The average molecular weight is 357 g/mol. The first kappa shape index (κ1) is 18.4. The van der Waals surface area contributed by atoms with Gasteiger partial charge in [-0.1, -0.05) is 25.1 Å². The summed E-state index contributed by atoms with van der Waals surface area (Å²) in [6.07, 6.45) is 6.70. The third-order valence-electron chi connectivity index (χ3n) is 4.52. The van der Waals surface area contributed by atoms with Gasteiger partial charge in [-0.05, 0) is 44.2 Å². The number of ether oxygens (including phenoxy) is 1. The zero-order valence-corrected chi connectivity index (χ0v) is 15.5. The van der Waals surface area contributed by atoms with E-state index in [0.29, 0.717) is 37.1 Å². The van der Waals surface area contributed by atoms with Crippen LogP contribution in [-0.4, -0.2) is 22.2 Å². The molecule has 1 fully saturated rings. The Bertz CT molecular complexity index is 721. The Morgan fingerprint density at radius 2 is 2.15 bits per heavy atom. The van der Waals surface area contributed by atoms with E-state index in [4.69, 9.17) is 9.26 Å². The molecule has 1 aliphatic rings. The maximum absolute atomic E-state index is 12.2. The van der Waals surface area contributed by atoms with Gasteiger partial charge in [0.05, 0.1) is 6.10 Å². The molecule has 1 heterocycles. The molecule has 6 nitrogen and oxygen atoms in total. The number of amides is 1. The molecule has 0 atom stereocenters. The minimum Gasteiger partial charge on any atom is -0.490 e. The molecule has 1 aromatic heterocycles. The van der Waals surface area contributed by atoms with Crippen LogP contribution >= 0.6 is 0 Å². The first-order valence-electron chi connectivity index (χ1n) is 9.49. The van der Waals surface area contributed by atoms with Gasteiger partial charge < -0.3 is 14.6 Å². The van der Waals surface area contributed by atoms with Gasteiger partial charge in [0.15, 0.2) is 5.82 Å². The van der Waals surface area contributed by atoms with E-state index in [1.165, 1.54) is 12.8 Å². The molecule has 1 saturated carbocycles. The van der Waals surface area contributed by atoms with Crippen molar-refractivity contribution in [1.82, 2.24) is 10.1 Å². The van der Waals surface area contributed by atoms with Gasteiger partial charge in [0, 0.05) is 30.5 Å². The summed E-state index contributed by atoms with van der Waals surface area (Å²) in [5.74, 6) is 2.35. The molecule has 6 heteroatoms. The lowest BCUT2D eigenvalue weighted by atomic mass is 10.2. The zero-order chi connectivity index (χ0) is 18.4. The van der Waals surface area contributed by atoms with E-state index in [1.54, 1.807) is 0 Å². The molecular formula is C20H27N3O3. The Kier molecular flexibility index (Phi) is 6.26.